The second kappa shape index (κ2) is 5.31. The van der Waals surface area contributed by atoms with Gasteiger partial charge in [-0.2, -0.15) is 5.10 Å². The molecule has 1 unspecified atom stereocenters. The zero-order valence-electron chi connectivity index (χ0n) is 12.4. The first-order chi connectivity index (χ1) is 9.86. The van der Waals surface area contributed by atoms with Crippen LogP contribution in [0.2, 0.25) is 0 Å². The van der Waals surface area contributed by atoms with Gasteiger partial charge in [-0.05, 0) is 12.8 Å². The molecule has 0 radical (unpaired) electrons. The van der Waals surface area contributed by atoms with Gasteiger partial charge in [0.2, 0.25) is 11.8 Å². The van der Waals surface area contributed by atoms with Crippen molar-refractivity contribution < 1.29 is 19.5 Å². The molecular weight excluding hydrogens is 274 g/mol. The Bertz CT molecular complexity index is 589. The molecule has 1 aromatic heterocycles. The minimum atomic E-state index is -1.31. The Balaban J connectivity index is 2.44. The Morgan fingerprint density at radius 3 is 2.43 bits per heavy atom. The molecule has 1 fully saturated rings. The summed E-state index contributed by atoms with van der Waals surface area (Å²) in [7, 11) is 1.65. The van der Waals surface area contributed by atoms with Crippen molar-refractivity contribution >= 4 is 17.8 Å². The van der Waals surface area contributed by atoms with E-state index < -0.39 is 29.2 Å². The molecule has 7 heteroatoms. The predicted molar refractivity (Wildman–Crippen MR) is 73.1 cm³/mol. The minimum absolute atomic E-state index is 0.0723. The maximum Gasteiger partial charge on any atom is 0.331 e. The number of hydrogen-bond donors (Lipinski definition) is 1. The van der Waals surface area contributed by atoms with E-state index in [4.69, 9.17) is 0 Å². The van der Waals surface area contributed by atoms with Crippen molar-refractivity contribution in [3.8, 4) is 0 Å². The summed E-state index contributed by atoms with van der Waals surface area (Å²) in [5, 5.41) is 13.4. The first-order valence-corrected chi connectivity index (χ1v) is 6.94. The topological polar surface area (TPSA) is 92.5 Å². The van der Waals surface area contributed by atoms with Crippen molar-refractivity contribution in [2.24, 2.45) is 12.5 Å². The number of hydrogen-bond acceptors (Lipinski definition) is 4. The fourth-order valence-electron chi connectivity index (χ4n) is 2.87. The summed E-state index contributed by atoms with van der Waals surface area (Å²) < 4.78 is 1.45. The third-order valence-corrected chi connectivity index (χ3v) is 4.32. The third-order valence-electron chi connectivity index (χ3n) is 4.32. The number of nitrogens with zero attached hydrogens (tertiary/aromatic N) is 3. The number of imide groups is 1. The molecule has 1 N–H and O–H groups in total. The molecule has 7 nitrogen and oxygen atoms in total. The van der Waals surface area contributed by atoms with Crippen molar-refractivity contribution in [3.05, 3.63) is 18.0 Å². The van der Waals surface area contributed by atoms with E-state index in [1.807, 2.05) is 13.8 Å². The van der Waals surface area contributed by atoms with Crippen LogP contribution in [0, 0.1) is 5.41 Å². The standard InChI is InChI=1S/C14H19N3O4/c1-4-14(5-2)6-10(18)17(13(14)21)11(12(19)20)9-7-15-16(3)8-9/h7-8,11H,4-6H2,1-3H3,(H,19,20). The van der Waals surface area contributed by atoms with Gasteiger partial charge in [0.05, 0.1) is 11.6 Å². The number of amides is 2. The van der Waals surface area contributed by atoms with Crippen LogP contribution in [0.4, 0.5) is 0 Å². The number of rotatable bonds is 5. The van der Waals surface area contributed by atoms with Crippen LogP contribution >= 0.6 is 0 Å². The maximum absolute atomic E-state index is 12.6. The third kappa shape index (κ3) is 2.32. The zero-order chi connectivity index (χ0) is 15.8. The van der Waals surface area contributed by atoms with Crippen molar-refractivity contribution in [2.75, 3.05) is 0 Å². The second-order valence-electron chi connectivity index (χ2n) is 5.42. The number of carboxylic acids is 1. The summed E-state index contributed by atoms with van der Waals surface area (Å²) in [6.07, 6.45) is 3.99. The molecule has 2 amide bonds. The number of aliphatic carboxylic acids is 1. The molecule has 1 aliphatic rings. The first-order valence-electron chi connectivity index (χ1n) is 6.94. The monoisotopic (exact) mass is 293 g/mol. The van der Waals surface area contributed by atoms with Crippen LogP contribution in [0.5, 0.6) is 0 Å². The van der Waals surface area contributed by atoms with Gasteiger partial charge in [0.25, 0.3) is 0 Å². The van der Waals surface area contributed by atoms with E-state index in [0.717, 1.165) is 4.90 Å². The lowest BCUT2D eigenvalue weighted by Crippen LogP contribution is -2.41. The summed E-state index contributed by atoms with van der Waals surface area (Å²) in [6, 6.07) is -1.31. The number of carbonyl (C=O) groups excluding carboxylic acids is 2. The summed E-state index contributed by atoms with van der Waals surface area (Å²) in [6.45, 7) is 3.69. The second-order valence-corrected chi connectivity index (χ2v) is 5.42. The van der Waals surface area contributed by atoms with Crippen LogP contribution in [0.15, 0.2) is 12.4 Å². The van der Waals surface area contributed by atoms with Crippen molar-refractivity contribution in [2.45, 2.75) is 39.2 Å². The lowest BCUT2D eigenvalue weighted by atomic mass is 9.81. The SMILES string of the molecule is CCC1(CC)CC(=O)N(C(C(=O)O)c2cnn(C)c2)C1=O. The van der Waals surface area contributed by atoms with E-state index in [2.05, 4.69) is 5.10 Å². The van der Waals surface area contributed by atoms with E-state index in [1.54, 1.807) is 7.05 Å². The van der Waals surface area contributed by atoms with E-state index >= 15 is 0 Å². The van der Waals surface area contributed by atoms with Crippen LogP contribution in [0.3, 0.4) is 0 Å². The number of carboxylic acid groups (broad SMARTS) is 1. The van der Waals surface area contributed by atoms with Gasteiger partial charge in [-0.15, -0.1) is 0 Å². The smallest absolute Gasteiger partial charge is 0.331 e. The Labute approximate surface area is 122 Å². The van der Waals surface area contributed by atoms with Crippen LogP contribution in [-0.2, 0) is 21.4 Å². The number of carbonyl (C=O) groups is 3. The highest BCUT2D eigenvalue weighted by Crippen LogP contribution is 2.42. The van der Waals surface area contributed by atoms with Crippen molar-refractivity contribution in [1.82, 2.24) is 14.7 Å². The molecule has 0 aliphatic carbocycles. The number of aromatic nitrogens is 2. The maximum atomic E-state index is 12.6. The highest BCUT2D eigenvalue weighted by atomic mass is 16.4. The molecule has 21 heavy (non-hydrogen) atoms. The number of likely N-dealkylation sites (tertiary alicyclic amines) is 1. The Morgan fingerprint density at radius 1 is 1.43 bits per heavy atom. The Morgan fingerprint density at radius 2 is 2.05 bits per heavy atom. The quantitative estimate of drug-likeness (QED) is 0.821. The average Bonchev–Trinajstić information content (AvgIpc) is 2.95. The van der Waals surface area contributed by atoms with Gasteiger partial charge >= 0.3 is 5.97 Å². The lowest BCUT2D eigenvalue weighted by Gasteiger charge is -2.26. The molecule has 1 aromatic rings. The molecule has 2 heterocycles. The van der Waals surface area contributed by atoms with Crippen LogP contribution in [0.25, 0.3) is 0 Å². The molecule has 2 rings (SSSR count). The van der Waals surface area contributed by atoms with E-state index in [1.165, 1.54) is 17.1 Å². The molecular formula is C14H19N3O4. The molecule has 1 atom stereocenters. The molecule has 1 saturated heterocycles. The molecule has 0 saturated carbocycles. The first kappa shape index (κ1) is 15.2. The van der Waals surface area contributed by atoms with E-state index in [9.17, 15) is 19.5 Å². The largest absolute Gasteiger partial charge is 0.479 e. The summed E-state index contributed by atoms with van der Waals surface area (Å²) >= 11 is 0. The van der Waals surface area contributed by atoms with Gasteiger partial charge in [0, 0.05) is 25.2 Å². The van der Waals surface area contributed by atoms with Gasteiger partial charge in [-0.1, -0.05) is 13.8 Å². The average molecular weight is 293 g/mol. The van der Waals surface area contributed by atoms with Gasteiger partial charge in [0.15, 0.2) is 6.04 Å². The highest BCUT2D eigenvalue weighted by molar-refractivity contribution is 6.08. The van der Waals surface area contributed by atoms with Gasteiger partial charge in [0.1, 0.15) is 0 Å². The molecule has 0 aromatic carbocycles. The molecule has 114 valence electrons. The Hall–Kier alpha value is -2.18. The summed E-state index contributed by atoms with van der Waals surface area (Å²) in [4.78, 5) is 37.4. The summed E-state index contributed by atoms with van der Waals surface area (Å²) in [5.74, 6) is -2.05. The van der Waals surface area contributed by atoms with Gasteiger partial charge in [-0.3, -0.25) is 19.2 Å². The van der Waals surface area contributed by atoms with Gasteiger partial charge < -0.3 is 5.11 Å². The molecule has 0 bridgehead atoms. The van der Waals surface area contributed by atoms with Crippen molar-refractivity contribution in [3.63, 3.8) is 0 Å². The van der Waals surface area contributed by atoms with Crippen molar-refractivity contribution in [1.29, 1.82) is 0 Å². The van der Waals surface area contributed by atoms with E-state index in [0.29, 0.717) is 18.4 Å². The minimum Gasteiger partial charge on any atom is -0.479 e. The Kier molecular flexibility index (Phi) is 3.85. The fraction of sp³-hybridized carbons (Fsp3) is 0.571. The predicted octanol–water partition coefficient (Wildman–Crippen LogP) is 1.11. The fourth-order valence-corrected chi connectivity index (χ4v) is 2.87. The molecule has 0 spiro atoms. The van der Waals surface area contributed by atoms with E-state index in [-0.39, 0.29) is 6.42 Å². The van der Waals surface area contributed by atoms with Gasteiger partial charge in [-0.25, -0.2) is 4.79 Å². The molecule has 1 aliphatic heterocycles. The zero-order valence-corrected chi connectivity index (χ0v) is 12.4. The number of aryl methyl sites for hydroxylation is 1. The highest BCUT2D eigenvalue weighted by Gasteiger charge is 2.53. The van der Waals surface area contributed by atoms with Crippen LogP contribution in [-0.4, -0.2) is 37.6 Å². The van der Waals surface area contributed by atoms with Crippen LogP contribution in [0.1, 0.15) is 44.7 Å². The normalized spacial score (nSPS) is 19.1. The summed E-state index contributed by atoms with van der Waals surface area (Å²) in [5.41, 5.74) is -0.442. The van der Waals surface area contributed by atoms with Crippen LogP contribution < -0.4 is 0 Å². The lowest BCUT2D eigenvalue weighted by molar-refractivity contribution is -0.156.